The van der Waals surface area contributed by atoms with Crippen LogP contribution in [0.25, 0.3) is 10.4 Å². The largest absolute Gasteiger partial charge is 0.755 e. The van der Waals surface area contributed by atoms with E-state index in [-0.39, 0.29) is 0 Å². The average molecular weight is 408 g/mol. The Balaban J connectivity index is 2.05. The fourth-order valence-electron chi connectivity index (χ4n) is 3.63. The van der Waals surface area contributed by atoms with Crippen LogP contribution < -0.4 is 9.04 Å². The number of ether oxygens (including phenoxy) is 1. The second kappa shape index (κ2) is 8.29. The number of rotatable bonds is 5. The van der Waals surface area contributed by atoms with Gasteiger partial charge in [-0.3, -0.25) is 8.51 Å². The quantitative estimate of drug-likeness (QED) is 0.634. The van der Waals surface area contributed by atoms with Crippen LogP contribution in [0.5, 0.6) is 5.75 Å². The van der Waals surface area contributed by atoms with E-state index in [1.165, 1.54) is 36.4 Å². The summed E-state index contributed by atoms with van der Waals surface area (Å²) in [7, 11) is 1.59. The predicted octanol–water partition coefficient (Wildman–Crippen LogP) is 5.27. The number of thiazole rings is 1. The summed E-state index contributed by atoms with van der Waals surface area (Å²) in [5.74, 6) is 1.16. The second-order valence-electron chi connectivity index (χ2n) is 7.96. The number of hydrogen-bond acceptors (Lipinski definition) is 5. The summed E-state index contributed by atoms with van der Waals surface area (Å²) in [6.07, 6.45) is 8.12. The molecule has 1 saturated carbocycles. The Morgan fingerprint density at radius 2 is 1.96 bits per heavy atom. The van der Waals surface area contributed by atoms with Crippen LogP contribution in [-0.2, 0) is 11.3 Å². The standard InChI is InChI=1S/C20H28N2O3S2/c1-20(2,3)22(27(23)24)17-12-15(25-4)10-11-16(17)18-13-21-19(26-18)14-8-6-5-7-9-14/h10-14H,5-9H2,1-4H3,(H,23,24)/p-1. The van der Waals surface area contributed by atoms with Crippen molar-refractivity contribution < 1.29 is 13.5 Å². The van der Waals surface area contributed by atoms with Crippen LogP contribution in [-0.4, -0.2) is 26.4 Å². The van der Waals surface area contributed by atoms with E-state index >= 15 is 0 Å². The van der Waals surface area contributed by atoms with Gasteiger partial charge >= 0.3 is 0 Å². The Labute approximate surface area is 168 Å². The summed E-state index contributed by atoms with van der Waals surface area (Å²) in [6.45, 7) is 5.64. The normalized spacial score (nSPS) is 16.9. The molecule has 3 rings (SSSR count). The molecule has 2 aromatic rings. The second-order valence-corrected chi connectivity index (χ2v) is 9.82. The van der Waals surface area contributed by atoms with Gasteiger partial charge in [0.2, 0.25) is 0 Å². The van der Waals surface area contributed by atoms with Gasteiger partial charge in [-0.25, -0.2) is 4.98 Å². The summed E-state index contributed by atoms with van der Waals surface area (Å²) in [6, 6.07) is 5.59. The lowest BCUT2D eigenvalue weighted by atomic mass is 9.90. The maximum atomic E-state index is 12.1. The van der Waals surface area contributed by atoms with Crippen LogP contribution >= 0.6 is 11.3 Å². The molecule has 0 aliphatic heterocycles. The van der Waals surface area contributed by atoms with Gasteiger partial charge in [0.15, 0.2) is 0 Å². The van der Waals surface area contributed by atoms with Crippen molar-refractivity contribution in [1.82, 2.24) is 4.98 Å². The van der Waals surface area contributed by atoms with Crippen molar-refractivity contribution in [2.24, 2.45) is 0 Å². The molecule has 5 nitrogen and oxygen atoms in total. The van der Waals surface area contributed by atoms with Crippen LogP contribution in [0.4, 0.5) is 5.69 Å². The van der Waals surface area contributed by atoms with E-state index in [0.717, 1.165) is 15.4 Å². The van der Waals surface area contributed by atoms with Gasteiger partial charge in [0.25, 0.3) is 0 Å². The summed E-state index contributed by atoms with van der Waals surface area (Å²) in [5, 5.41) is 1.16. The highest BCUT2D eigenvalue weighted by Crippen LogP contribution is 2.42. The minimum Gasteiger partial charge on any atom is -0.755 e. The first-order valence-electron chi connectivity index (χ1n) is 9.35. The van der Waals surface area contributed by atoms with E-state index in [2.05, 4.69) is 4.98 Å². The van der Waals surface area contributed by atoms with Gasteiger partial charge in [0.1, 0.15) is 5.75 Å². The van der Waals surface area contributed by atoms with Crippen LogP contribution in [0.2, 0.25) is 0 Å². The third-order valence-electron chi connectivity index (χ3n) is 4.93. The Hall–Kier alpha value is -1.44. The average Bonchev–Trinajstić information content (AvgIpc) is 3.11. The number of benzene rings is 1. The van der Waals surface area contributed by atoms with Gasteiger partial charge < -0.3 is 9.29 Å². The summed E-state index contributed by atoms with van der Waals surface area (Å²) in [5.41, 5.74) is 0.897. The number of nitrogens with zero attached hydrogens (tertiary/aromatic N) is 2. The van der Waals surface area contributed by atoms with Crippen molar-refractivity contribution in [1.29, 1.82) is 0 Å². The highest BCUT2D eigenvalue weighted by molar-refractivity contribution is 7.80. The van der Waals surface area contributed by atoms with Crippen molar-refractivity contribution >= 4 is 28.3 Å². The first kappa shape index (κ1) is 20.3. The summed E-state index contributed by atoms with van der Waals surface area (Å²) in [4.78, 5) is 5.67. The SMILES string of the molecule is COc1ccc(-c2cnc(C3CCCCC3)s2)c(N(S(=O)[O-])C(C)(C)C)c1. The highest BCUT2D eigenvalue weighted by Gasteiger charge is 2.27. The Bertz CT molecular complexity index is 808. The molecule has 0 spiro atoms. The first-order chi connectivity index (χ1) is 12.8. The number of aromatic nitrogens is 1. The lowest BCUT2D eigenvalue weighted by Gasteiger charge is -2.39. The minimum atomic E-state index is -2.40. The lowest BCUT2D eigenvalue weighted by Crippen LogP contribution is -2.42. The molecular weight excluding hydrogens is 380 g/mol. The fourth-order valence-corrected chi connectivity index (χ4v) is 5.51. The first-order valence-corrected chi connectivity index (χ1v) is 11.2. The lowest BCUT2D eigenvalue weighted by molar-refractivity contribution is 0.414. The van der Waals surface area contributed by atoms with Gasteiger partial charge in [-0.15, -0.1) is 11.3 Å². The Kier molecular flexibility index (Phi) is 6.23. The van der Waals surface area contributed by atoms with E-state index in [1.54, 1.807) is 24.5 Å². The van der Waals surface area contributed by atoms with Crippen LogP contribution in [0.3, 0.4) is 0 Å². The molecule has 1 aromatic heterocycles. The number of anilines is 1. The maximum absolute atomic E-state index is 12.1. The summed E-state index contributed by atoms with van der Waals surface area (Å²) >= 11 is -0.723. The van der Waals surface area contributed by atoms with Crippen LogP contribution in [0, 0.1) is 0 Å². The number of hydrogen-bond donors (Lipinski definition) is 0. The van der Waals surface area contributed by atoms with Gasteiger partial charge in [-0.05, 0) is 45.7 Å². The topological polar surface area (TPSA) is 65.5 Å². The van der Waals surface area contributed by atoms with Crippen molar-refractivity contribution in [3.05, 3.63) is 29.4 Å². The number of methoxy groups -OCH3 is 1. The van der Waals surface area contributed by atoms with Crippen molar-refractivity contribution in [3.8, 4) is 16.2 Å². The fraction of sp³-hybridized carbons (Fsp3) is 0.550. The molecule has 0 amide bonds. The molecule has 27 heavy (non-hydrogen) atoms. The molecule has 1 aliphatic carbocycles. The van der Waals surface area contributed by atoms with E-state index in [0.29, 0.717) is 17.4 Å². The molecule has 1 aromatic carbocycles. The van der Waals surface area contributed by atoms with Gasteiger partial charge in [0.05, 0.1) is 22.7 Å². The van der Waals surface area contributed by atoms with Crippen LogP contribution in [0.15, 0.2) is 24.4 Å². The molecule has 1 atom stereocenters. The zero-order chi connectivity index (χ0) is 19.6. The zero-order valence-electron chi connectivity index (χ0n) is 16.4. The van der Waals surface area contributed by atoms with Crippen LogP contribution in [0.1, 0.15) is 63.8 Å². The molecule has 7 heteroatoms. The molecule has 0 bridgehead atoms. The molecule has 148 valence electrons. The van der Waals surface area contributed by atoms with E-state index in [4.69, 9.17) is 4.74 Å². The van der Waals surface area contributed by atoms with Gasteiger partial charge in [-0.1, -0.05) is 19.3 Å². The molecule has 0 saturated heterocycles. The Morgan fingerprint density at radius 1 is 1.26 bits per heavy atom. The van der Waals surface area contributed by atoms with Crippen molar-refractivity contribution in [2.45, 2.75) is 64.3 Å². The molecule has 1 aliphatic rings. The van der Waals surface area contributed by atoms with Gasteiger partial charge in [-0.2, -0.15) is 0 Å². The maximum Gasteiger partial charge on any atom is 0.121 e. The summed E-state index contributed by atoms with van der Waals surface area (Å²) < 4.78 is 30.9. The minimum absolute atomic E-state index is 0.534. The molecule has 1 heterocycles. The smallest absolute Gasteiger partial charge is 0.121 e. The zero-order valence-corrected chi connectivity index (χ0v) is 18.0. The third-order valence-corrected chi connectivity index (χ3v) is 7.16. The van der Waals surface area contributed by atoms with E-state index in [9.17, 15) is 8.76 Å². The Morgan fingerprint density at radius 3 is 2.56 bits per heavy atom. The molecule has 0 radical (unpaired) electrons. The molecule has 1 unspecified atom stereocenters. The third kappa shape index (κ3) is 4.52. The van der Waals surface area contributed by atoms with Crippen molar-refractivity contribution in [3.63, 3.8) is 0 Å². The highest BCUT2D eigenvalue weighted by atomic mass is 32.2. The predicted molar refractivity (Wildman–Crippen MR) is 111 cm³/mol. The molecular formula is C20H27N2O3S2-. The van der Waals surface area contributed by atoms with E-state index < -0.39 is 16.8 Å². The molecule has 0 N–H and O–H groups in total. The van der Waals surface area contributed by atoms with E-state index in [1.807, 2.05) is 39.1 Å². The monoisotopic (exact) mass is 407 g/mol. The van der Waals surface area contributed by atoms with Gasteiger partial charge in [0, 0.05) is 40.5 Å². The van der Waals surface area contributed by atoms with Crippen molar-refractivity contribution in [2.75, 3.05) is 11.4 Å². The molecule has 1 fully saturated rings.